The Kier molecular flexibility index (Phi) is 10.6. The van der Waals surface area contributed by atoms with Crippen LogP contribution in [0, 0.1) is 0 Å². The SMILES string of the molecule is CO[Si](C)(CN=C=O)O[Si](CN=C=O)(OC)O[Si](C)(CN=C=O)OC. The summed E-state index contributed by atoms with van der Waals surface area (Å²) >= 11 is 0. The summed E-state index contributed by atoms with van der Waals surface area (Å²) in [6.45, 7) is 3.27. The van der Waals surface area contributed by atoms with E-state index in [1.807, 2.05) is 0 Å². The van der Waals surface area contributed by atoms with Gasteiger partial charge in [0.1, 0.15) is 6.17 Å². The monoisotopic (exact) mass is 407 g/mol. The van der Waals surface area contributed by atoms with Crippen molar-refractivity contribution in [3.05, 3.63) is 0 Å². The van der Waals surface area contributed by atoms with Crippen LogP contribution >= 0.6 is 0 Å². The summed E-state index contributed by atoms with van der Waals surface area (Å²) in [5.41, 5.74) is 0. The standard InChI is InChI=1S/C11H21N3O8Si3/c1-18-23(4,9-12-6-15)21-25(20-3,11-14-8-17)22-24(5,19-2)10-13-7-16/h9-11H2,1-5H3. The molecule has 0 aromatic heterocycles. The molecule has 0 aliphatic carbocycles. The van der Waals surface area contributed by atoms with Crippen LogP contribution in [0.25, 0.3) is 0 Å². The molecule has 0 fully saturated rings. The molecule has 0 aliphatic heterocycles. The molecule has 0 amide bonds. The summed E-state index contributed by atoms with van der Waals surface area (Å²) < 4.78 is 28.2. The van der Waals surface area contributed by atoms with Gasteiger partial charge in [0.2, 0.25) is 18.2 Å². The molecular formula is C11H21N3O8Si3. The van der Waals surface area contributed by atoms with Crippen molar-refractivity contribution in [2.45, 2.75) is 13.1 Å². The highest BCUT2D eigenvalue weighted by atomic mass is 28.5. The largest absolute Gasteiger partial charge is 0.506 e. The molecule has 140 valence electrons. The van der Waals surface area contributed by atoms with Gasteiger partial charge in [0.25, 0.3) is 0 Å². The first kappa shape index (κ1) is 23.6. The van der Waals surface area contributed by atoms with Crippen LogP contribution in [-0.4, -0.2) is 84.0 Å². The molecule has 0 heterocycles. The Morgan fingerprint density at radius 1 is 0.680 bits per heavy atom. The number of carbonyl (C=O) groups excluding carboxylic acids is 3. The van der Waals surface area contributed by atoms with E-state index in [4.69, 9.17) is 21.5 Å². The molecule has 0 aromatic rings. The minimum Gasteiger partial charge on any atom is -0.397 e. The summed E-state index contributed by atoms with van der Waals surface area (Å²) in [6.07, 6.45) is 3.86. The molecular weight excluding hydrogens is 386 g/mol. The molecule has 14 heteroatoms. The van der Waals surface area contributed by atoms with Gasteiger partial charge in [-0.3, -0.25) is 0 Å². The van der Waals surface area contributed by atoms with Gasteiger partial charge in [-0.1, -0.05) is 0 Å². The van der Waals surface area contributed by atoms with Gasteiger partial charge in [-0.2, -0.15) is 0 Å². The molecule has 0 rings (SSSR count). The maximum atomic E-state index is 10.6. The van der Waals surface area contributed by atoms with Gasteiger partial charge < -0.3 is 21.5 Å². The average molecular weight is 408 g/mol. The molecule has 0 spiro atoms. The predicted octanol–water partition coefficient (Wildman–Crippen LogP) is -0.333. The summed E-state index contributed by atoms with van der Waals surface area (Å²) in [7, 11) is -5.60. The smallest absolute Gasteiger partial charge is 0.397 e. The highest BCUT2D eigenvalue weighted by Gasteiger charge is 2.53. The molecule has 0 bridgehead atoms. The van der Waals surface area contributed by atoms with Crippen molar-refractivity contribution in [2.75, 3.05) is 39.8 Å². The third-order valence-corrected chi connectivity index (χ3v) is 13.4. The lowest BCUT2D eigenvalue weighted by molar-refractivity contribution is 0.149. The Morgan fingerprint density at radius 3 is 1.32 bits per heavy atom. The van der Waals surface area contributed by atoms with Crippen molar-refractivity contribution in [3.63, 3.8) is 0 Å². The molecule has 0 radical (unpaired) electrons. The van der Waals surface area contributed by atoms with E-state index in [1.54, 1.807) is 13.1 Å². The van der Waals surface area contributed by atoms with Crippen LogP contribution in [0.15, 0.2) is 15.0 Å². The molecule has 2 unspecified atom stereocenters. The first-order chi connectivity index (χ1) is 11.8. The third-order valence-electron chi connectivity index (χ3n) is 3.12. The fraction of sp³-hybridized carbons (Fsp3) is 0.727. The average Bonchev–Trinajstić information content (AvgIpc) is 2.63. The summed E-state index contributed by atoms with van der Waals surface area (Å²) in [5, 5.41) is 0. The minimum atomic E-state index is -3.64. The van der Waals surface area contributed by atoms with Gasteiger partial charge in [-0.25, -0.2) is 29.4 Å². The van der Waals surface area contributed by atoms with Crippen LogP contribution in [0.1, 0.15) is 0 Å². The molecule has 0 saturated heterocycles. The van der Waals surface area contributed by atoms with Gasteiger partial charge in [-0.15, -0.1) is 0 Å². The number of isocyanates is 3. The lowest BCUT2D eigenvalue weighted by Crippen LogP contribution is -2.64. The number of nitrogens with zero attached hydrogens (tertiary/aromatic N) is 3. The fourth-order valence-corrected chi connectivity index (χ4v) is 11.2. The number of rotatable bonds is 13. The topological polar surface area (TPSA) is 134 Å². The first-order valence-electron chi connectivity index (χ1n) is 6.95. The normalized spacial score (nSPS) is 17.6. The quantitative estimate of drug-likeness (QED) is 0.230. The zero-order chi connectivity index (χ0) is 19.4. The lowest BCUT2D eigenvalue weighted by atomic mass is 11.4. The van der Waals surface area contributed by atoms with E-state index < -0.39 is 25.9 Å². The van der Waals surface area contributed by atoms with Gasteiger partial charge in [0.15, 0.2) is 0 Å². The van der Waals surface area contributed by atoms with Crippen molar-refractivity contribution in [1.29, 1.82) is 0 Å². The van der Waals surface area contributed by atoms with Crippen molar-refractivity contribution in [1.82, 2.24) is 0 Å². The number of aliphatic imine (C=N–C) groups is 3. The molecule has 25 heavy (non-hydrogen) atoms. The Hall–Kier alpha value is -1.41. The van der Waals surface area contributed by atoms with E-state index in [0.29, 0.717) is 0 Å². The lowest BCUT2D eigenvalue weighted by Gasteiger charge is -2.38. The van der Waals surface area contributed by atoms with E-state index in [0.717, 1.165) is 0 Å². The van der Waals surface area contributed by atoms with Crippen LogP contribution in [0.5, 0.6) is 0 Å². The Morgan fingerprint density at radius 2 is 1.04 bits per heavy atom. The van der Waals surface area contributed by atoms with E-state index in [1.165, 1.54) is 39.6 Å². The van der Waals surface area contributed by atoms with Crippen LogP contribution in [0.4, 0.5) is 0 Å². The van der Waals surface area contributed by atoms with Gasteiger partial charge in [0.05, 0.1) is 12.3 Å². The van der Waals surface area contributed by atoms with Crippen molar-refractivity contribution in [2.24, 2.45) is 15.0 Å². The van der Waals surface area contributed by atoms with E-state index in [9.17, 15) is 14.4 Å². The fourth-order valence-electron chi connectivity index (χ4n) is 1.65. The molecule has 0 saturated carbocycles. The molecule has 0 N–H and O–H groups in total. The van der Waals surface area contributed by atoms with Gasteiger partial charge in [0, 0.05) is 21.3 Å². The predicted molar refractivity (Wildman–Crippen MR) is 91.2 cm³/mol. The second-order valence-corrected chi connectivity index (χ2v) is 14.7. The zero-order valence-electron chi connectivity index (χ0n) is 14.7. The third kappa shape index (κ3) is 8.00. The number of hydrogen-bond donors (Lipinski definition) is 0. The zero-order valence-corrected chi connectivity index (χ0v) is 17.7. The molecule has 11 nitrogen and oxygen atoms in total. The van der Waals surface area contributed by atoms with Gasteiger partial charge >= 0.3 is 25.9 Å². The summed E-state index contributed by atoms with van der Waals surface area (Å²) in [4.78, 5) is 41.9. The van der Waals surface area contributed by atoms with Crippen molar-refractivity contribution in [3.8, 4) is 0 Å². The van der Waals surface area contributed by atoms with Crippen LogP contribution in [0.3, 0.4) is 0 Å². The molecule has 0 aromatic carbocycles. The first-order valence-corrected chi connectivity index (χ1v) is 13.9. The van der Waals surface area contributed by atoms with Crippen molar-refractivity contribution >= 4 is 44.2 Å². The maximum Gasteiger partial charge on any atom is 0.506 e. The van der Waals surface area contributed by atoms with Crippen LogP contribution in [0.2, 0.25) is 13.1 Å². The second-order valence-electron chi connectivity index (χ2n) is 4.99. The highest BCUT2D eigenvalue weighted by Crippen LogP contribution is 2.23. The van der Waals surface area contributed by atoms with E-state index >= 15 is 0 Å². The molecule has 0 aliphatic rings. The number of hydrogen-bond acceptors (Lipinski definition) is 11. The van der Waals surface area contributed by atoms with Crippen LogP contribution in [-0.2, 0) is 35.9 Å². The highest BCUT2D eigenvalue weighted by molar-refractivity contribution is 6.83. The van der Waals surface area contributed by atoms with Gasteiger partial charge in [-0.05, 0) is 13.1 Å². The summed E-state index contributed by atoms with van der Waals surface area (Å²) in [5.74, 6) is 0. The second kappa shape index (κ2) is 11.3. The van der Waals surface area contributed by atoms with E-state index in [-0.39, 0.29) is 18.5 Å². The Bertz CT molecular complexity index is 541. The van der Waals surface area contributed by atoms with E-state index in [2.05, 4.69) is 15.0 Å². The Balaban J connectivity index is 5.79. The maximum absolute atomic E-state index is 10.6. The molecule has 2 atom stereocenters. The van der Waals surface area contributed by atoms with Crippen LogP contribution < -0.4 is 0 Å². The van der Waals surface area contributed by atoms with Crippen molar-refractivity contribution < 1.29 is 35.9 Å². The Labute approximate surface area is 148 Å². The minimum absolute atomic E-state index is 0.0585. The summed E-state index contributed by atoms with van der Waals surface area (Å²) in [6, 6.07) is 0.